The van der Waals surface area contributed by atoms with E-state index in [4.69, 9.17) is 0 Å². The fraction of sp³-hybridized carbons (Fsp3) is 0.261. The average molecular weight is 405 g/mol. The van der Waals surface area contributed by atoms with Crippen LogP contribution in [0.5, 0.6) is 0 Å². The summed E-state index contributed by atoms with van der Waals surface area (Å²) in [6, 6.07) is 16.7. The summed E-state index contributed by atoms with van der Waals surface area (Å²) in [5.74, 6) is -0.424. The Morgan fingerprint density at radius 3 is 2.50 bits per heavy atom. The van der Waals surface area contributed by atoms with Crippen molar-refractivity contribution in [3.05, 3.63) is 89.5 Å². The summed E-state index contributed by atoms with van der Waals surface area (Å²) in [4.78, 5) is 16.9. The predicted molar refractivity (Wildman–Crippen MR) is 113 cm³/mol. The second-order valence-electron chi connectivity index (χ2n) is 7.30. The Bertz CT molecular complexity index is 1010. The number of benzene rings is 2. The zero-order chi connectivity index (χ0) is 20.8. The average Bonchev–Trinajstić information content (AvgIpc) is 3.25. The van der Waals surface area contributed by atoms with Crippen molar-refractivity contribution < 1.29 is 9.18 Å². The Labute approximate surface area is 175 Å². The van der Waals surface area contributed by atoms with E-state index in [1.165, 1.54) is 16.3 Å². The van der Waals surface area contributed by atoms with E-state index in [-0.39, 0.29) is 18.3 Å². The highest BCUT2D eigenvalue weighted by molar-refractivity contribution is 5.92. The molecule has 30 heavy (non-hydrogen) atoms. The standard InChI is InChI=1S/C23H24FN5O/c24-21-11-5-4-10-20(21)17-29-18-22(25-26-29)23(30)28-15-13-27(14-16-28)12-6-9-19-7-2-1-3-8-19/h1-11,18H,12-17H2. The number of hydrogen-bond donors (Lipinski definition) is 0. The molecule has 4 rings (SSSR count). The van der Waals surface area contributed by atoms with Gasteiger partial charge in [0, 0.05) is 38.3 Å². The molecule has 2 aromatic carbocycles. The number of hydrogen-bond acceptors (Lipinski definition) is 4. The maximum absolute atomic E-state index is 13.8. The maximum Gasteiger partial charge on any atom is 0.276 e. The highest BCUT2D eigenvalue weighted by Crippen LogP contribution is 2.11. The number of nitrogens with zero attached hydrogens (tertiary/aromatic N) is 5. The van der Waals surface area contributed by atoms with Gasteiger partial charge in [-0.3, -0.25) is 9.69 Å². The van der Waals surface area contributed by atoms with Gasteiger partial charge in [0.15, 0.2) is 5.69 Å². The summed E-state index contributed by atoms with van der Waals surface area (Å²) in [6.45, 7) is 4.03. The second kappa shape index (κ2) is 9.45. The summed E-state index contributed by atoms with van der Waals surface area (Å²) in [5, 5.41) is 7.98. The van der Waals surface area contributed by atoms with Gasteiger partial charge in [-0.15, -0.1) is 5.10 Å². The van der Waals surface area contributed by atoms with Crippen molar-refractivity contribution in [2.45, 2.75) is 6.54 Å². The van der Waals surface area contributed by atoms with Crippen molar-refractivity contribution in [1.82, 2.24) is 24.8 Å². The van der Waals surface area contributed by atoms with E-state index in [1.54, 1.807) is 29.3 Å². The summed E-state index contributed by atoms with van der Waals surface area (Å²) in [6.07, 6.45) is 5.86. The molecule has 0 saturated carbocycles. The molecule has 0 aliphatic carbocycles. The third-order valence-electron chi connectivity index (χ3n) is 5.18. The fourth-order valence-corrected chi connectivity index (χ4v) is 3.47. The van der Waals surface area contributed by atoms with E-state index in [9.17, 15) is 9.18 Å². The number of piperazine rings is 1. The molecule has 0 spiro atoms. The first-order valence-electron chi connectivity index (χ1n) is 10.1. The highest BCUT2D eigenvalue weighted by Gasteiger charge is 2.23. The smallest absolute Gasteiger partial charge is 0.276 e. The molecular formula is C23H24FN5O. The van der Waals surface area contributed by atoms with E-state index < -0.39 is 0 Å². The Morgan fingerprint density at radius 2 is 1.73 bits per heavy atom. The van der Waals surface area contributed by atoms with Crippen LogP contribution in [0.1, 0.15) is 21.6 Å². The molecule has 1 aliphatic rings. The van der Waals surface area contributed by atoms with Gasteiger partial charge in [-0.05, 0) is 11.6 Å². The summed E-state index contributed by atoms with van der Waals surface area (Å²) >= 11 is 0. The Kier molecular flexibility index (Phi) is 6.29. The maximum atomic E-state index is 13.8. The normalized spacial score (nSPS) is 15.0. The number of aromatic nitrogens is 3. The Morgan fingerprint density at radius 1 is 1.00 bits per heavy atom. The molecule has 1 amide bonds. The largest absolute Gasteiger partial charge is 0.335 e. The number of carbonyl (C=O) groups is 1. The molecule has 0 unspecified atom stereocenters. The van der Waals surface area contributed by atoms with Gasteiger partial charge >= 0.3 is 0 Å². The van der Waals surface area contributed by atoms with Crippen molar-refractivity contribution >= 4 is 12.0 Å². The lowest BCUT2D eigenvalue weighted by Crippen LogP contribution is -2.48. The van der Waals surface area contributed by atoms with Crippen LogP contribution in [0, 0.1) is 5.82 Å². The first-order chi connectivity index (χ1) is 14.7. The summed E-state index contributed by atoms with van der Waals surface area (Å²) in [7, 11) is 0. The first kappa shape index (κ1) is 20.0. The molecule has 154 valence electrons. The first-order valence-corrected chi connectivity index (χ1v) is 10.1. The molecule has 1 aliphatic heterocycles. The second-order valence-corrected chi connectivity index (χ2v) is 7.30. The quantitative estimate of drug-likeness (QED) is 0.633. The van der Waals surface area contributed by atoms with Crippen LogP contribution in [0.15, 0.2) is 66.9 Å². The van der Waals surface area contributed by atoms with Crippen LogP contribution < -0.4 is 0 Å². The third-order valence-corrected chi connectivity index (χ3v) is 5.18. The molecule has 0 N–H and O–H groups in total. The monoisotopic (exact) mass is 405 g/mol. The zero-order valence-electron chi connectivity index (χ0n) is 16.7. The molecule has 7 heteroatoms. The van der Waals surface area contributed by atoms with Crippen LogP contribution in [-0.4, -0.2) is 63.4 Å². The minimum atomic E-state index is -0.293. The Hall–Kier alpha value is -3.32. The lowest BCUT2D eigenvalue weighted by atomic mass is 10.2. The summed E-state index contributed by atoms with van der Waals surface area (Å²) in [5.41, 5.74) is 1.99. The molecule has 0 atom stereocenters. The zero-order valence-corrected chi connectivity index (χ0v) is 16.7. The van der Waals surface area contributed by atoms with Gasteiger partial charge < -0.3 is 4.90 Å². The van der Waals surface area contributed by atoms with Crippen LogP contribution in [-0.2, 0) is 6.54 Å². The van der Waals surface area contributed by atoms with Crippen LogP contribution in [0.2, 0.25) is 0 Å². The molecule has 0 radical (unpaired) electrons. The molecular weight excluding hydrogens is 381 g/mol. The van der Waals surface area contributed by atoms with E-state index in [0.29, 0.717) is 24.3 Å². The lowest BCUT2D eigenvalue weighted by molar-refractivity contribution is 0.0644. The van der Waals surface area contributed by atoms with E-state index >= 15 is 0 Å². The van der Waals surface area contributed by atoms with Crippen molar-refractivity contribution in [2.75, 3.05) is 32.7 Å². The number of amides is 1. The predicted octanol–water partition coefficient (Wildman–Crippen LogP) is 2.94. The van der Waals surface area contributed by atoms with Gasteiger partial charge in [0.05, 0.1) is 12.7 Å². The Balaban J connectivity index is 1.28. The van der Waals surface area contributed by atoms with Gasteiger partial charge in [-0.25, -0.2) is 9.07 Å². The van der Waals surface area contributed by atoms with Gasteiger partial charge in [-0.2, -0.15) is 0 Å². The minimum Gasteiger partial charge on any atom is -0.335 e. The lowest BCUT2D eigenvalue weighted by Gasteiger charge is -2.33. The summed E-state index contributed by atoms with van der Waals surface area (Å²) < 4.78 is 15.3. The molecule has 3 aromatic rings. The van der Waals surface area contributed by atoms with Crippen LogP contribution >= 0.6 is 0 Å². The van der Waals surface area contributed by atoms with Crippen molar-refractivity contribution in [2.24, 2.45) is 0 Å². The molecule has 1 aromatic heterocycles. The van der Waals surface area contributed by atoms with Gasteiger partial charge in [0.1, 0.15) is 5.82 Å². The number of halogens is 1. The van der Waals surface area contributed by atoms with Crippen molar-refractivity contribution in [3.63, 3.8) is 0 Å². The van der Waals surface area contributed by atoms with Gasteiger partial charge in [0.25, 0.3) is 5.91 Å². The van der Waals surface area contributed by atoms with Crippen LogP contribution in [0.4, 0.5) is 4.39 Å². The third kappa shape index (κ3) is 4.99. The van der Waals surface area contributed by atoms with E-state index in [0.717, 1.165) is 19.6 Å². The fourth-order valence-electron chi connectivity index (χ4n) is 3.47. The highest BCUT2D eigenvalue weighted by atomic mass is 19.1. The SMILES string of the molecule is O=C(c1cn(Cc2ccccc2F)nn1)N1CCN(CC=Cc2ccccc2)CC1. The van der Waals surface area contributed by atoms with Crippen molar-refractivity contribution in [1.29, 1.82) is 0 Å². The molecule has 2 heterocycles. The van der Waals surface area contributed by atoms with Crippen molar-refractivity contribution in [3.8, 4) is 0 Å². The molecule has 1 saturated heterocycles. The van der Waals surface area contributed by atoms with Crippen LogP contribution in [0.3, 0.4) is 0 Å². The van der Waals surface area contributed by atoms with E-state index in [1.807, 2.05) is 18.2 Å². The molecule has 0 bridgehead atoms. The van der Waals surface area contributed by atoms with Gasteiger partial charge in [0.2, 0.25) is 0 Å². The number of rotatable bonds is 6. The molecule has 6 nitrogen and oxygen atoms in total. The topological polar surface area (TPSA) is 54.3 Å². The molecule has 1 fully saturated rings. The van der Waals surface area contributed by atoms with Crippen LogP contribution in [0.25, 0.3) is 6.08 Å². The van der Waals surface area contributed by atoms with Gasteiger partial charge in [-0.1, -0.05) is 65.9 Å². The minimum absolute atomic E-state index is 0.130. The van der Waals surface area contributed by atoms with E-state index in [2.05, 4.69) is 39.5 Å². The number of carbonyl (C=O) groups excluding carboxylic acids is 1.